The van der Waals surface area contributed by atoms with Gasteiger partial charge in [-0.2, -0.15) is 4.98 Å². The van der Waals surface area contributed by atoms with E-state index in [1.807, 2.05) is 41.7 Å². The van der Waals surface area contributed by atoms with E-state index in [4.69, 9.17) is 4.52 Å². The van der Waals surface area contributed by atoms with Crippen molar-refractivity contribution in [2.45, 2.75) is 43.7 Å². The molecule has 1 aliphatic heterocycles. The molecule has 0 bridgehead atoms. The van der Waals surface area contributed by atoms with Crippen molar-refractivity contribution in [3.8, 4) is 0 Å². The molecule has 2 atom stereocenters. The van der Waals surface area contributed by atoms with Gasteiger partial charge in [-0.05, 0) is 24.4 Å². The summed E-state index contributed by atoms with van der Waals surface area (Å²) in [5.41, 5.74) is 1.02. The molecule has 1 amide bonds. The van der Waals surface area contributed by atoms with Gasteiger partial charge in [-0.25, -0.2) is 4.98 Å². The van der Waals surface area contributed by atoms with E-state index in [9.17, 15) is 4.79 Å². The first-order valence-electron chi connectivity index (χ1n) is 8.34. The lowest BCUT2D eigenvalue weighted by atomic mass is 9.86. The van der Waals surface area contributed by atoms with E-state index >= 15 is 0 Å². The number of anilines is 1. The lowest BCUT2D eigenvalue weighted by Crippen LogP contribution is -2.44. The van der Waals surface area contributed by atoms with E-state index in [1.165, 1.54) is 0 Å². The predicted octanol–water partition coefficient (Wildman–Crippen LogP) is 1.48. The van der Waals surface area contributed by atoms with Crippen LogP contribution in [0, 0.1) is 0 Å². The zero-order chi connectivity index (χ0) is 16.8. The van der Waals surface area contributed by atoms with Gasteiger partial charge in [-0.1, -0.05) is 0 Å². The standard InChI is InChI=1S/C16H22N6O2/c1-20(2)16-18-15(24-19-16)11-6-7-13(23)22(10-4-5-10)14(11)12-8-17-9-21(12)3/h8-11,14H,4-7H2,1-3H3/t11-,14-/m0/s1. The van der Waals surface area contributed by atoms with Crippen molar-refractivity contribution in [2.24, 2.45) is 7.05 Å². The van der Waals surface area contributed by atoms with E-state index in [1.54, 1.807) is 6.33 Å². The molecule has 8 heteroatoms. The van der Waals surface area contributed by atoms with Crippen molar-refractivity contribution in [1.82, 2.24) is 24.6 Å². The first-order valence-corrected chi connectivity index (χ1v) is 8.34. The Morgan fingerprint density at radius 2 is 2.08 bits per heavy atom. The van der Waals surface area contributed by atoms with Gasteiger partial charge in [0.25, 0.3) is 5.95 Å². The van der Waals surface area contributed by atoms with Crippen molar-refractivity contribution in [2.75, 3.05) is 19.0 Å². The van der Waals surface area contributed by atoms with Gasteiger partial charge in [-0.3, -0.25) is 4.79 Å². The molecule has 0 aromatic carbocycles. The fourth-order valence-electron chi connectivity index (χ4n) is 3.52. The van der Waals surface area contributed by atoms with E-state index in [2.05, 4.69) is 15.1 Å². The van der Waals surface area contributed by atoms with Crippen LogP contribution >= 0.6 is 0 Å². The quantitative estimate of drug-likeness (QED) is 0.845. The minimum atomic E-state index is -0.0956. The van der Waals surface area contributed by atoms with E-state index in [-0.39, 0.29) is 17.9 Å². The second-order valence-electron chi connectivity index (χ2n) is 6.88. The van der Waals surface area contributed by atoms with E-state index in [0.29, 0.717) is 30.7 Å². The summed E-state index contributed by atoms with van der Waals surface area (Å²) in [4.78, 5) is 25.2. The number of likely N-dealkylation sites (tertiary alicyclic amines) is 1. The summed E-state index contributed by atoms with van der Waals surface area (Å²) >= 11 is 0. The number of carbonyl (C=O) groups is 1. The highest BCUT2D eigenvalue weighted by Crippen LogP contribution is 2.47. The molecule has 128 valence electrons. The highest BCUT2D eigenvalue weighted by Gasteiger charge is 2.47. The number of nitrogens with zero attached hydrogens (tertiary/aromatic N) is 6. The van der Waals surface area contributed by atoms with Crippen LogP contribution in [0.15, 0.2) is 17.0 Å². The topological polar surface area (TPSA) is 80.3 Å². The lowest BCUT2D eigenvalue weighted by molar-refractivity contribution is -0.138. The van der Waals surface area contributed by atoms with Gasteiger partial charge in [0, 0.05) is 33.6 Å². The highest BCUT2D eigenvalue weighted by molar-refractivity contribution is 5.78. The maximum atomic E-state index is 12.6. The maximum absolute atomic E-state index is 12.6. The fraction of sp³-hybridized carbons (Fsp3) is 0.625. The molecule has 8 nitrogen and oxygen atoms in total. The molecule has 2 fully saturated rings. The number of carbonyl (C=O) groups excluding carboxylic acids is 1. The summed E-state index contributed by atoms with van der Waals surface area (Å²) in [7, 11) is 5.73. The molecular formula is C16H22N6O2. The van der Waals surface area contributed by atoms with Crippen LogP contribution < -0.4 is 4.90 Å². The molecule has 2 aliphatic rings. The number of aromatic nitrogens is 4. The molecular weight excluding hydrogens is 308 g/mol. The van der Waals surface area contributed by atoms with Crippen LogP contribution in [0.1, 0.15) is 49.2 Å². The molecule has 1 saturated heterocycles. The predicted molar refractivity (Wildman–Crippen MR) is 86.4 cm³/mol. The molecule has 24 heavy (non-hydrogen) atoms. The Labute approximate surface area is 140 Å². The average molecular weight is 330 g/mol. The Balaban J connectivity index is 1.75. The zero-order valence-electron chi connectivity index (χ0n) is 14.2. The molecule has 1 saturated carbocycles. The highest BCUT2D eigenvalue weighted by atomic mass is 16.5. The first-order chi connectivity index (χ1) is 11.6. The van der Waals surface area contributed by atoms with Gasteiger partial charge in [0.05, 0.1) is 30.2 Å². The third kappa shape index (κ3) is 2.46. The number of amides is 1. The van der Waals surface area contributed by atoms with Gasteiger partial charge in [0.15, 0.2) is 0 Å². The van der Waals surface area contributed by atoms with Gasteiger partial charge in [0.1, 0.15) is 0 Å². The van der Waals surface area contributed by atoms with Crippen LogP contribution in [-0.2, 0) is 11.8 Å². The first kappa shape index (κ1) is 15.2. The molecule has 4 rings (SSSR count). The lowest BCUT2D eigenvalue weighted by Gasteiger charge is -2.40. The summed E-state index contributed by atoms with van der Waals surface area (Å²) in [5.74, 6) is 1.37. The van der Waals surface area contributed by atoms with Crippen molar-refractivity contribution >= 4 is 11.9 Å². The Morgan fingerprint density at radius 3 is 2.67 bits per heavy atom. The average Bonchev–Trinajstić information content (AvgIpc) is 3.09. The summed E-state index contributed by atoms with van der Waals surface area (Å²) < 4.78 is 7.53. The summed E-state index contributed by atoms with van der Waals surface area (Å²) in [6.07, 6.45) is 6.99. The number of imidazole rings is 1. The maximum Gasteiger partial charge on any atom is 0.265 e. The summed E-state index contributed by atoms with van der Waals surface area (Å²) in [6, 6.07) is 0.234. The molecule has 2 aromatic rings. The van der Waals surface area contributed by atoms with E-state index < -0.39 is 0 Å². The minimum absolute atomic E-state index is 0.0000926. The third-order valence-corrected chi connectivity index (χ3v) is 4.88. The van der Waals surface area contributed by atoms with Gasteiger partial charge < -0.3 is 18.9 Å². The SMILES string of the molecule is CN(C)c1noc([C@H]2CCC(=O)N(C3CC3)[C@@H]2c2cncn2C)n1. The number of hydrogen-bond acceptors (Lipinski definition) is 6. The Hall–Kier alpha value is -2.38. The van der Waals surface area contributed by atoms with Crippen molar-refractivity contribution < 1.29 is 9.32 Å². The molecule has 0 unspecified atom stereocenters. The zero-order valence-corrected chi connectivity index (χ0v) is 14.2. The smallest absolute Gasteiger partial charge is 0.265 e. The Morgan fingerprint density at radius 1 is 1.29 bits per heavy atom. The summed E-state index contributed by atoms with van der Waals surface area (Å²) in [6.45, 7) is 0. The second kappa shape index (κ2) is 5.61. The van der Waals surface area contributed by atoms with Crippen molar-refractivity contribution in [3.05, 3.63) is 24.1 Å². The second-order valence-corrected chi connectivity index (χ2v) is 6.88. The molecule has 0 spiro atoms. The molecule has 0 radical (unpaired) electrons. The van der Waals surface area contributed by atoms with E-state index in [0.717, 1.165) is 18.5 Å². The van der Waals surface area contributed by atoms with Gasteiger partial charge in [0.2, 0.25) is 11.8 Å². The van der Waals surface area contributed by atoms with Gasteiger partial charge >= 0.3 is 0 Å². The number of hydrogen-bond donors (Lipinski definition) is 0. The molecule has 2 aromatic heterocycles. The number of piperidine rings is 1. The van der Waals surface area contributed by atoms with Crippen LogP contribution in [0.4, 0.5) is 5.95 Å². The Kier molecular flexibility index (Phi) is 3.54. The van der Waals surface area contributed by atoms with Crippen LogP contribution in [0.25, 0.3) is 0 Å². The molecule has 1 aliphatic carbocycles. The van der Waals surface area contributed by atoms with Crippen LogP contribution in [0.3, 0.4) is 0 Å². The normalized spacial score (nSPS) is 24.5. The number of aryl methyl sites for hydroxylation is 1. The third-order valence-electron chi connectivity index (χ3n) is 4.88. The number of rotatable bonds is 4. The largest absolute Gasteiger partial charge is 0.344 e. The van der Waals surface area contributed by atoms with Crippen molar-refractivity contribution in [3.63, 3.8) is 0 Å². The van der Waals surface area contributed by atoms with Crippen LogP contribution in [0.2, 0.25) is 0 Å². The molecule has 3 heterocycles. The summed E-state index contributed by atoms with van der Waals surface area (Å²) in [5, 5.41) is 4.05. The van der Waals surface area contributed by atoms with Crippen molar-refractivity contribution in [1.29, 1.82) is 0 Å². The fourth-order valence-corrected chi connectivity index (χ4v) is 3.52. The van der Waals surface area contributed by atoms with Gasteiger partial charge in [-0.15, -0.1) is 0 Å². The monoisotopic (exact) mass is 330 g/mol. The van der Waals surface area contributed by atoms with Crippen LogP contribution in [-0.4, -0.2) is 50.6 Å². The van der Waals surface area contributed by atoms with Crippen LogP contribution in [0.5, 0.6) is 0 Å². The minimum Gasteiger partial charge on any atom is -0.344 e. The molecule has 0 N–H and O–H groups in total. The Bertz CT molecular complexity index is 747.